The Morgan fingerprint density at radius 2 is 1.69 bits per heavy atom. The molecule has 0 heterocycles. The van der Waals surface area contributed by atoms with Gasteiger partial charge in [-0.25, -0.2) is 0 Å². The Hall–Kier alpha value is -0.803. The molecular weight excluding hydrogens is 216 g/mol. The average molecular weight is 238 g/mol. The summed E-state index contributed by atoms with van der Waals surface area (Å²) in [5, 5.41) is 0. The molecule has 0 bridgehead atoms. The molecule has 1 aromatic rings. The fourth-order valence-corrected chi connectivity index (χ4v) is 1.65. The summed E-state index contributed by atoms with van der Waals surface area (Å²) < 4.78 is 11.0. The second kappa shape index (κ2) is 6.06. The van der Waals surface area contributed by atoms with Crippen LogP contribution in [0.25, 0.3) is 0 Å². The number of benzene rings is 1. The molecule has 90 valence electrons. The Balaban J connectivity index is 2.91. The largest absolute Gasteiger partial charge is 0.466 e. The smallest absolute Gasteiger partial charge is 0.187 e. The minimum atomic E-state index is -0.146. The Kier molecular flexibility index (Phi) is 5.02. The molecule has 0 aliphatic rings. The lowest BCUT2D eigenvalue weighted by Crippen LogP contribution is -2.16. The highest BCUT2D eigenvalue weighted by molar-refractivity contribution is 5.98. The van der Waals surface area contributed by atoms with Gasteiger partial charge in [0, 0.05) is 0 Å². The van der Waals surface area contributed by atoms with Crippen molar-refractivity contribution in [2.75, 3.05) is 0 Å². The van der Waals surface area contributed by atoms with E-state index in [-0.39, 0.29) is 6.29 Å². The van der Waals surface area contributed by atoms with Crippen molar-refractivity contribution in [1.29, 1.82) is 0 Å². The zero-order valence-corrected chi connectivity index (χ0v) is 12.9. The van der Waals surface area contributed by atoms with Crippen LogP contribution >= 0.6 is 0 Å². The van der Waals surface area contributed by atoms with Crippen LogP contribution in [0.3, 0.4) is 0 Å². The van der Waals surface area contributed by atoms with Crippen molar-refractivity contribution < 1.29 is 9.16 Å². The highest BCUT2D eigenvalue weighted by atomic mass is 28.2. The van der Waals surface area contributed by atoms with Crippen LogP contribution in [-0.2, 0) is 4.43 Å². The predicted molar refractivity (Wildman–Crippen MR) is 70.8 cm³/mol. The maximum atomic E-state index is 5.78. The van der Waals surface area contributed by atoms with Gasteiger partial charge >= 0.3 is 0 Å². The van der Waals surface area contributed by atoms with Gasteiger partial charge in [0.15, 0.2) is 16.8 Å². The Bertz CT molecular complexity index is 325. The molecule has 2 unspecified atom stereocenters. The van der Waals surface area contributed by atoms with Crippen molar-refractivity contribution in [3.63, 3.8) is 0 Å². The fourth-order valence-electron chi connectivity index (χ4n) is 1.55. The van der Waals surface area contributed by atoms with Crippen LogP contribution in [0.1, 0.15) is 39.2 Å². The average Bonchev–Trinajstić information content (AvgIpc) is 2.28. The lowest BCUT2D eigenvalue weighted by molar-refractivity contribution is 0.0284. The van der Waals surface area contributed by atoms with Crippen molar-refractivity contribution in [1.82, 2.24) is 0 Å². The van der Waals surface area contributed by atoms with Gasteiger partial charge in [0.05, 0.1) is 0 Å². The molecule has 0 saturated heterocycles. The highest BCUT2D eigenvalue weighted by Gasteiger charge is 2.15. The van der Waals surface area contributed by atoms with E-state index in [1.807, 2.05) is 19.1 Å². The molecule has 0 radical (unpaired) electrons. The quantitative estimate of drug-likeness (QED) is 0.579. The van der Waals surface area contributed by atoms with E-state index in [1.54, 1.807) is 0 Å². The third-order valence-electron chi connectivity index (χ3n) is 3.03. The van der Waals surface area contributed by atoms with Gasteiger partial charge < -0.3 is 9.16 Å². The predicted octanol–water partition coefficient (Wildman–Crippen LogP) is 2.47. The lowest BCUT2D eigenvalue weighted by Gasteiger charge is -2.22. The first-order valence-corrected chi connectivity index (χ1v) is 6.66. The number of para-hydroxylation sites is 1. The minimum absolute atomic E-state index is 0.146. The Morgan fingerprint density at radius 1 is 1.06 bits per heavy atom. The van der Waals surface area contributed by atoms with Gasteiger partial charge in [-0.1, -0.05) is 39.0 Å². The van der Waals surface area contributed by atoms with Gasteiger partial charge in [0.1, 0.15) is 5.75 Å². The number of rotatable bonds is 5. The molecule has 0 aliphatic heterocycles. The van der Waals surface area contributed by atoms with Crippen LogP contribution in [0.2, 0.25) is 0 Å². The van der Waals surface area contributed by atoms with Gasteiger partial charge in [-0.15, -0.1) is 0 Å². The van der Waals surface area contributed by atoms with Crippen molar-refractivity contribution in [2.24, 2.45) is 5.92 Å². The first-order valence-electron chi connectivity index (χ1n) is 5.84. The molecule has 3 heteroatoms. The number of hydrogen-bond acceptors (Lipinski definition) is 2. The Labute approximate surface area is 102 Å². The molecule has 2 atom stereocenters. The summed E-state index contributed by atoms with van der Waals surface area (Å²) in [5.41, 5.74) is 1.27. The zero-order valence-electron chi connectivity index (χ0n) is 10.9. The van der Waals surface area contributed by atoms with Crippen LogP contribution in [0.4, 0.5) is 0 Å². The third-order valence-corrected chi connectivity index (χ3v) is 3.70. The van der Waals surface area contributed by atoms with E-state index in [0.29, 0.717) is 22.3 Å². The highest BCUT2D eigenvalue weighted by Crippen LogP contribution is 2.31. The summed E-state index contributed by atoms with van der Waals surface area (Å²) in [4.78, 5) is 0. The van der Waals surface area contributed by atoms with E-state index in [1.165, 1.54) is 5.56 Å². The van der Waals surface area contributed by atoms with Crippen LogP contribution < -0.4 is 4.74 Å². The maximum absolute atomic E-state index is 5.78. The Morgan fingerprint density at radius 3 is 2.25 bits per heavy atom. The summed E-state index contributed by atoms with van der Waals surface area (Å²) in [6.07, 6.45) is -0.146. The van der Waals surface area contributed by atoms with E-state index in [9.17, 15) is 0 Å². The number of ether oxygens (including phenoxy) is 1. The van der Waals surface area contributed by atoms with Crippen molar-refractivity contribution in [3.8, 4) is 5.75 Å². The molecule has 0 aromatic heterocycles. The molecule has 2 nitrogen and oxygen atoms in total. The van der Waals surface area contributed by atoms with Crippen molar-refractivity contribution >= 4 is 10.5 Å². The van der Waals surface area contributed by atoms with Crippen molar-refractivity contribution in [3.05, 3.63) is 29.8 Å². The monoisotopic (exact) mass is 238 g/mol. The SMILES string of the molecule is CC(O[SiH3])Oc1ccccc1C(C)C(C)C. The van der Waals surface area contributed by atoms with Crippen molar-refractivity contribution in [2.45, 2.75) is 39.9 Å². The normalized spacial score (nSPS) is 15.1. The van der Waals surface area contributed by atoms with E-state index in [0.717, 1.165) is 5.75 Å². The van der Waals surface area contributed by atoms with Gasteiger partial charge in [-0.05, 0) is 30.4 Å². The van der Waals surface area contributed by atoms with E-state index >= 15 is 0 Å². The molecule has 1 rings (SSSR count). The summed E-state index contributed by atoms with van der Waals surface area (Å²) in [7, 11) is 0.699. The maximum Gasteiger partial charge on any atom is 0.187 e. The standard InChI is InChI=1S/C13H22O2Si/c1-9(2)10(3)12-7-5-6-8-13(12)14-11(4)15-16/h5-11H,1-4,16H3. The van der Waals surface area contributed by atoms with Crippen LogP contribution in [-0.4, -0.2) is 16.8 Å². The molecule has 0 fully saturated rings. The molecule has 0 saturated carbocycles. The summed E-state index contributed by atoms with van der Waals surface area (Å²) in [6.45, 7) is 8.63. The van der Waals surface area contributed by atoms with E-state index in [2.05, 4.69) is 32.9 Å². The van der Waals surface area contributed by atoms with Gasteiger partial charge in [-0.3, -0.25) is 0 Å². The molecule has 0 N–H and O–H groups in total. The second-order valence-electron chi connectivity index (χ2n) is 4.49. The van der Waals surface area contributed by atoms with Gasteiger partial charge in [0.25, 0.3) is 0 Å². The summed E-state index contributed by atoms with van der Waals surface area (Å²) in [5.74, 6) is 2.06. The first-order chi connectivity index (χ1) is 7.56. The van der Waals surface area contributed by atoms with Crippen LogP contribution in [0.5, 0.6) is 5.75 Å². The molecule has 0 spiro atoms. The third kappa shape index (κ3) is 3.35. The van der Waals surface area contributed by atoms with Gasteiger partial charge in [0.2, 0.25) is 0 Å². The number of hydrogen-bond donors (Lipinski definition) is 0. The molecule has 0 amide bonds. The minimum Gasteiger partial charge on any atom is -0.466 e. The van der Waals surface area contributed by atoms with Crippen LogP contribution in [0, 0.1) is 5.92 Å². The second-order valence-corrected chi connectivity index (χ2v) is 4.96. The first kappa shape index (κ1) is 13.3. The van der Waals surface area contributed by atoms with Crippen LogP contribution in [0.15, 0.2) is 24.3 Å². The molecule has 1 aromatic carbocycles. The molecule has 16 heavy (non-hydrogen) atoms. The zero-order chi connectivity index (χ0) is 12.1. The lowest BCUT2D eigenvalue weighted by atomic mass is 9.90. The van der Waals surface area contributed by atoms with E-state index < -0.39 is 0 Å². The topological polar surface area (TPSA) is 18.5 Å². The summed E-state index contributed by atoms with van der Waals surface area (Å²) in [6, 6.07) is 8.23. The summed E-state index contributed by atoms with van der Waals surface area (Å²) >= 11 is 0. The van der Waals surface area contributed by atoms with Gasteiger partial charge in [-0.2, -0.15) is 0 Å². The molecule has 0 aliphatic carbocycles. The fraction of sp³-hybridized carbons (Fsp3) is 0.538. The molecular formula is C13H22O2Si. The van der Waals surface area contributed by atoms with E-state index in [4.69, 9.17) is 9.16 Å².